The zero-order valence-corrected chi connectivity index (χ0v) is 11.4. The van der Waals surface area contributed by atoms with Crippen molar-refractivity contribution in [3.63, 3.8) is 0 Å². The van der Waals surface area contributed by atoms with Crippen molar-refractivity contribution in [3.8, 4) is 0 Å². The van der Waals surface area contributed by atoms with E-state index in [9.17, 15) is 4.79 Å². The van der Waals surface area contributed by atoms with Gasteiger partial charge in [0.15, 0.2) is 0 Å². The van der Waals surface area contributed by atoms with Gasteiger partial charge in [-0.25, -0.2) is 4.98 Å². The van der Waals surface area contributed by atoms with Crippen molar-refractivity contribution < 1.29 is 9.53 Å². The van der Waals surface area contributed by atoms with E-state index in [1.54, 1.807) is 0 Å². The first-order valence-corrected chi connectivity index (χ1v) is 6.82. The first-order chi connectivity index (χ1) is 9.25. The van der Waals surface area contributed by atoms with Crippen LogP contribution in [0.1, 0.15) is 29.8 Å². The van der Waals surface area contributed by atoms with Crippen molar-refractivity contribution in [1.82, 2.24) is 20.2 Å². The van der Waals surface area contributed by atoms with Gasteiger partial charge in [-0.3, -0.25) is 4.79 Å². The van der Waals surface area contributed by atoms with Crippen LogP contribution in [-0.2, 0) is 4.74 Å². The minimum absolute atomic E-state index is 0.114. The maximum Gasteiger partial charge on any atom is 0.269 e. The number of nitrogens with zero attached hydrogens (tertiary/aromatic N) is 2. The number of aromatic amines is 1. The Labute approximate surface area is 113 Å². The van der Waals surface area contributed by atoms with E-state index < -0.39 is 0 Å². The Kier molecular flexibility index (Phi) is 5.35. The number of rotatable bonds is 6. The van der Waals surface area contributed by atoms with Crippen molar-refractivity contribution in [1.29, 1.82) is 0 Å². The third kappa shape index (κ3) is 4.65. The van der Waals surface area contributed by atoms with Crippen LogP contribution in [0.15, 0.2) is 12.5 Å². The Bertz CT molecular complexity index is 372. The number of aromatic nitrogens is 2. The molecule has 0 bridgehead atoms. The Morgan fingerprint density at radius 2 is 2.37 bits per heavy atom. The van der Waals surface area contributed by atoms with E-state index in [-0.39, 0.29) is 5.91 Å². The van der Waals surface area contributed by atoms with Crippen LogP contribution in [0.25, 0.3) is 0 Å². The van der Waals surface area contributed by atoms with Crippen molar-refractivity contribution >= 4 is 5.91 Å². The van der Waals surface area contributed by atoms with Crippen LogP contribution in [-0.4, -0.2) is 60.2 Å². The number of imidazole rings is 1. The van der Waals surface area contributed by atoms with E-state index in [4.69, 9.17) is 4.74 Å². The van der Waals surface area contributed by atoms with Gasteiger partial charge in [0.05, 0.1) is 18.6 Å². The molecule has 1 aromatic heterocycles. The van der Waals surface area contributed by atoms with Crippen LogP contribution in [0.4, 0.5) is 0 Å². The molecule has 0 saturated carbocycles. The second-order valence-corrected chi connectivity index (χ2v) is 4.95. The smallest absolute Gasteiger partial charge is 0.269 e. The molecule has 106 valence electrons. The number of carbonyl (C=O) groups excluding carboxylic acids is 1. The molecule has 1 aromatic rings. The highest BCUT2D eigenvalue weighted by molar-refractivity contribution is 5.91. The molecule has 1 fully saturated rings. The Morgan fingerprint density at radius 3 is 3.05 bits per heavy atom. The van der Waals surface area contributed by atoms with Crippen LogP contribution in [0.3, 0.4) is 0 Å². The molecule has 2 heterocycles. The topological polar surface area (TPSA) is 70.2 Å². The maximum atomic E-state index is 11.6. The maximum absolute atomic E-state index is 11.6. The minimum Gasteiger partial charge on any atom is -0.378 e. The monoisotopic (exact) mass is 266 g/mol. The highest BCUT2D eigenvalue weighted by Gasteiger charge is 2.16. The number of amides is 1. The summed E-state index contributed by atoms with van der Waals surface area (Å²) in [6, 6.07) is 0. The van der Waals surface area contributed by atoms with Crippen LogP contribution < -0.4 is 5.32 Å². The normalized spacial score (nSPS) is 17.5. The van der Waals surface area contributed by atoms with E-state index in [1.807, 2.05) is 0 Å². The zero-order valence-electron chi connectivity index (χ0n) is 11.4. The summed E-state index contributed by atoms with van der Waals surface area (Å²) in [6.45, 7) is 3.56. The largest absolute Gasteiger partial charge is 0.378 e. The molecule has 0 aromatic carbocycles. The van der Waals surface area contributed by atoms with Crippen molar-refractivity contribution in [2.24, 2.45) is 0 Å². The van der Waals surface area contributed by atoms with Crippen molar-refractivity contribution in [2.75, 3.05) is 33.3 Å². The SMILES string of the molecule is CN1CCC(OCCCNC(=O)c2cnc[nH]2)CC1. The number of H-pyrrole nitrogens is 1. The van der Waals surface area contributed by atoms with Gasteiger partial charge in [-0.15, -0.1) is 0 Å². The first kappa shape index (κ1) is 14.0. The van der Waals surface area contributed by atoms with Crippen LogP contribution in [0, 0.1) is 0 Å². The van der Waals surface area contributed by atoms with E-state index >= 15 is 0 Å². The Morgan fingerprint density at radius 1 is 1.58 bits per heavy atom. The van der Waals surface area contributed by atoms with Gasteiger partial charge in [-0.1, -0.05) is 0 Å². The molecule has 6 nitrogen and oxygen atoms in total. The van der Waals surface area contributed by atoms with Gasteiger partial charge in [0.25, 0.3) is 5.91 Å². The molecule has 19 heavy (non-hydrogen) atoms. The lowest BCUT2D eigenvalue weighted by Gasteiger charge is -2.28. The number of carbonyl (C=O) groups is 1. The average Bonchev–Trinajstić information content (AvgIpc) is 2.94. The average molecular weight is 266 g/mol. The highest BCUT2D eigenvalue weighted by Crippen LogP contribution is 2.11. The molecule has 1 aliphatic rings. The van der Waals surface area contributed by atoms with Crippen molar-refractivity contribution in [3.05, 3.63) is 18.2 Å². The molecule has 1 amide bonds. The fourth-order valence-electron chi connectivity index (χ4n) is 2.15. The molecule has 1 aliphatic heterocycles. The third-order valence-electron chi connectivity index (χ3n) is 3.37. The van der Waals surface area contributed by atoms with E-state index in [2.05, 4.69) is 27.2 Å². The fraction of sp³-hybridized carbons (Fsp3) is 0.692. The lowest BCUT2D eigenvalue weighted by atomic mass is 10.1. The summed E-state index contributed by atoms with van der Waals surface area (Å²) in [5, 5.41) is 2.83. The molecule has 2 rings (SSSR count). The van der Waals surface area contributed by atoms with Gasteiger partial charge in [-0.2, -0.15) is 0 Å². The minimum atomic E-state index is -0.114. The van der Waals surface area contributed by atoms with Crippen molar-refractivity contribution in [2.45, 2.75) is 25.4 Å². The quantitative estimate of drug-likeness (QED) is 0.741. The van der Waals surface area contributed by atoms with Crippen LogP contribution >= 0.6 is 0 Å². The number of nitrogens with one attached hydrogen (secondary N) is 2. The standard InChI is InChI=1S/C13H22N4O2/c1-17-6-3-11(4-7-17)19-8-2-5-15-13(18)12-9-14-10-16-12/h9-11H,2-8H2,1H3,(H,14,16)(H,15,18). The lowest BCUT2D eigenvalue weighted by molar-refractivity contribution is 0.0117. The molecular formula is C13H22N4O2. The van der Waals surface area contributed by atoms with E-state index in [0.29, 0.717) is 24.9 Å². The van der Waals surface area contributed by atoms with Gasteiger partial charge in [0.2, 0.25) is 0 Å². The predicted molar refractivity (Wildman–Crippen MR) is 72.0 cm³/mol. The zero-order chi connectivity index (χ0) is 13.5. The van der Waals surface area contributed by atoms with E-state index in [0.717, 1.165) is 32.4 Å². The molecule has 1 saturated heterocycles. The van der Waals surface area contributed by atoms with Gasteiger partial charge in [0, 0.05) is 26.2 Å². The number of likely N-dealkylation sites (tertiary alicyclic amines) is 1. The number of hydrogen-bond acceptors (Lipinski definition) is 4. The number of hydrogen-bond donors (Lipinski definition) is 2. The first-order valence-electron chi connectivity index (χ1n) is 6.82. The Hall–Kier alpha value is -1.40. The van der Waals surface area contributed by atoms with Gasteiger partial charge in [0.1, 0.15) is 5.69 Å². The van der Waals surface area contributed by atoms with Gasteiger partial charge < -0.3 is 19.9 Å². The second kappa shape index (κ2) is 7.25. The van der Waals surface area contributed by atoms with E-state index in [1.165, 1.54) is 12.5 Å². The lowest BCUT2D eigenvalue weighted by Crippen LogP contribution is -2.34. The molecule has 0 atom stereocenters. The highest BCUT2D eigenvalue weighted by atomic mass is 16.5. The fourth-order valence-corrected chi connectivity index (χ4v) is 2.15. The second-order valence-electron chi connectivity index (χ2n) is 4.95. The molecule has 2 N–H and O–H groups in total. The summed E-state index contributed by atoms with van der Waals surface area (Å²) in [5.74, 6) is -0.114. The summed E-state index contributed by atoms with van der Waals surface area (Å²) < 4.78 is 5.81. The van der Waals surface area contributed by atoms with Crippen LogP contribution in [0.5, 0.6) is 0 Å². The van der Waals surface area contributed by atoms with Gasteiger partial charge >= 0.3 is 0 Å². The predicted octanol–water partition coefficient (Wildman–Crippen LogP) is 0.640. The summed E-state index contributed by atoms with van der Waals surface area (Å²) >= 11 is 0. The molecule has 0 aliphatic carbocycles. The summed E-state index contributed by atoms with van der Waals surface area (Å²) in [5.41, 5.74) is 0.497. The molecule has 0 radical (unpaired) electrons. The Balaban J connectivity index is 1.51. The number of piperidine rings is 1. The molecular weight excluding hydrogens is 244 g/mol. The van der Waals surface area contributed by atoms with Gasteiger partial charge in [-0.05, 0) is 26.3 Å². The van der Waals surface area contributed by atoms with Crippen LogP contribution in [0.2, 0.25) is 0 Å². The molecule has 6 heteroatoms. The third-order valence-corrected chi connectivity index (χ3v) is 3.37. The molecule has 0 spiro atoms. The summed E-state index contributed by atoms with van der Waals surface area (Å²) in [6.07, 6.45) is 6.46. The summed E-state index contributed by atoms with van der Waals surface area (Å²) in [7, 11) is 2.14. The molecule has 0 unspecified atom stereocenters. The summed E-state index contributed by atoms with van der Waals surface area (Å²) in [4.78, 5) is 20.5. The number of ether oxygens (including phenoxy) is 1.